The molecule has 24 heavy (non-hydrogen) atoms. The first-order chi connectivity index (χ1) is 11.4. The number of alkyl halides is 3. The summed E-state index contributed by atoms with van der Waals surface area (Å²) in [6.45, 7) is 0. The summed E-state index contributed by atoms with van der Waals surface area (Å²) in [7, 11) is 0. The highest BCUT2D eigenvalue weighted by molar-refractivity contribution is 6.04. The van der Waals surface area contributed by atoms with Gasteiger partial charge in [0.05, 0.1) is 23.6 Å². The second-order valence-corrected chi connectivity index (χ2v) is 4.74. The topological polar surface area (TPSA) is 79.8 Å². The zero-order chi connectivity index (χ0) is 17.2. The van der Waals surface area contributed by atoms with Crippen LogP contribution in [0.1, 0.15) is 5.69 Å². The number of benzene rings is 1. The monoisotopic (exact) mass is 333 g/mol. The highest BCUT2D eigenvalue weighted by Crippen LogP contribution is 2.27. The molecule has 0 unspecified atom stereocenters. The molecule has 0 radical (unpaired) electrons. The number of pyridine rings is 1. The van der Waals surface area contributed by atoms with Crippen LogP contribution in [0.15, 0.2) is 48.9 Å². The molecule has 2 N–H and O–H groups in total. The molecule has 2 heterocycles. The first-order valence-electron chi connectivity index (χ1n) is 6.74. The third kappa shape index (κ3) is 3.40. The van der Waals surface area contributed by atoms with Crippen molar-refractivity contribution in [3.8, 4) is 0 Å². The summed E-state index contributed by atoms with van der Waals surface area (Å²) in [6.07, 6.45) is -1.51. The fraction of sp³-hybridized carbons (Fsp3) is 0.0667. The van der Waals surface area contributed by atoms with Gasteiger partial charge in [-0.15, -0.1) is 0 Å². The quantitative estimate of drug-likeness (QED) is 0.749. The van der Waals surface area contributed by atoms with Crippen molar-refractivity contribution in [3.63, 3.8) is 0 Å². The van der Waals surface area contributed by atoms with E-state index >= 15 is 0 Å². The van der Waals surface area contributed by atoms with Crippen LogP contribution >= 0.6 is 0 Å². The SMILES string of the molecule is O=C(Nc1cncc(C(F)(F)F)n1)Nc1ccnc2ccccc12. The van der Waals surface area contributed by atoms with E-state index in [2.05, 4.69) is 25.6 Å². The number of para-hydroxylation sites is 1. The smallest absolute Gasteiger partial charge is 0.307 e. The zero-order valence-corrected chi connectivity index (χ0v) is 12.0. The molecular weight excluding hydrogens is 323 g/mol. The maximum Gasteiger partial charge on any atom is 0.434 e. The highest BCUT2D eigenvalue weighted by atomic mass is 19.4. The normalized spacial score (nSPS) is 11.3. The fourth-order valence-electron chi connectivity index (χ4n) is 2.04. The average Bonchev–Trinajstić information content (AvgIpc) is 2.54. The number of carbonyl (C=O) groups excluding carboxylic acids is 1. The van der Waals surface area contributed by atoms with Crippen molar-refractivity contribution < 1.29 is 18.0 Å². The maximum atomic E-state index is 12.6. The van der Waals surface area contributed by atoms with Crippen molar-refractivity contribution in [1.82, 2.24) is 15.0 Å². The predicted molar refractivity (Wildman–Crippen MR) is 81.4 cm³/mol. The minimum atomic E-state index is -4.64. The molecule has 3 rings (SSSR count). The number of anilines is 2. The minimum Gasteiger partial charge on any atom is -0.307 e. The van der Waals surface area contributed by atoms with Crippen molar-refractivity contribution in [2.24, 2.45) is 0 Å². The van der Waals surface area contributed by atoms with E-state index in [1.807, 2.05) is 0 Å². The molecule has 6 nitrogen and oxygen atoms in total. The molecule has 2 aromatic heterocycles. The van der Waals surface area contributed by atoms with Crippen LogP contribution in [-0.2, 0) is 6.18 Å². The molecular formula is C15H10F3N5O. The summed E-state index contributed by atoms with van der Waals surface area (Å²) in [4.78, 5) is 22.9. The van der Waals surface area contributed by atoms with Gasteiger partial charge in [0.15, 0.2) is 11.5 Å². The van der Waals surface area contributed by atoms with Crippen LogP contribution in [0.3, 0.4) is 0 Å². The van der Waals surface area contributed by atoms with Gasteiger partial charge < -0.3 is 5.32 Å². The van der Waals surface area contributed by atoms with E-state index in [1.54, 1.807) is 30.3 Å². The number of fused-ring (bicyclic) bond motifs is 1. The Balaban J connectivity index is 1.78. The lowest BCUT2D eigenvalue weighted by Crippen LogP contribution is -2.21. The average molecular weight is 333 g/mol. The number of amides is 2. The van der Waals surface area contributed by atoms with Gasteiger partial charge in [-0.1, -0.05) is 18.2 Å². The lowest BCUT2D eigenvalue weighted by Gasteiger charge is -2.10. The van der Waals surface area contributed by atoms with Crippen LogP contribution in [0.2, 0.25) is 0 Å². The van der Waals surface area contributed by atoms with Gasteiger partial charge >= 0.3 is 12.2 Å². The summed E-state index contributed by atoms with van der Waals surface area (Å²) in [5, 5.41) is 5.48. The third-order valence-electron chi connectivity index (χ3n) is 3.06. The van der Waals surface area contributed by atoms with Gasteiger partial charge in [-0.25, -0.2) is 9.78 Å². The molecule has 122 valence electrons. The minimum absolute atomic E-state index is 0.305. The summed E-state index contributed by atoms with van der Waals surface area (Å²) in [6, 6.07) is 7.97. The molecule has 0 fully saturated rings. The Labute approximate surface area is 133 Å². The molecule has 0 aliphatic heterocycles. The molecule has 0 aliphatic carbocycles. The number of aromatic nitrogens is 3. The molecule has 0 aliphatic rings. The van der Waals surface area contributed by atoms with Crippen molar-refractivity contribution in [2.45, 2.75) is 6.18 Å². The van der Waals surface area contributed by atoms with E-state index in [0.717, 1.165) is 6.20 Å². The standard InChI is InChI=1S/C15H10F3N5O/c16-15(17,18)12-7-19-8-13(22-12)23-14(24)21-11-5-6-20-10-4-2-1-3-9(10)11/h1-8H,(H2,20,21,22,23,24). The molecule has 3 aromatic rings. The van der Waals surface area contributed by atoms with Gasteiger partial charge in [0.1, 0.15) is 0 Å². The molecule has 2 amide bonds. The second-order valence-electron chi connectivity index (χ2n) is 4.74. The number of nitrogens with one attached hydrogen (secondary N) is 2. The largest absolute Gasteiger partial charge is 0.434 e. The van der Waals surface area contributed by atoms with Gasteiger partial charge in [-0.05, 0) is 12.1 Å². The Morgan fingerprint density at radius 1 is 1.04 bits per heavy atom. The van der Waals surface area contributed by atoms with E-state index < -0.39 is 17.9 Å². The molecule has 0 bridgehead atoms. The Bertz CT molecular complexity index is 892. The zero-order valence-electron chi connectivity index (χ0n) is 12.0. The summed E-state index contributed by atoms with van der Waals surface area (Å²) in [5.41, 5.74) is -0.0399. The van der Waals surface area contributed by atoms with Gasteiger partial charge in [-0.3, -0.25) is 15.3 Å². The first-order valence-corrected chi connectivity index (χ1v) is 6.74. The van der Waals surface area contributed by atoms with Crippen molar-refractivity contribution in [3.05, 3.63) is 54.6 Å². The molecule has 0 saturated carbocycles. The molecule has 0 spiro atoms. The van der Waals surface area contributed by atoms with Crippen LogP contribution in [0.5, 0.6) is 0 Å². The van der Waals surface area contributed by atoms with E-state index in [1.165, 1.54) is 6.20 Å². The lowest BCUT2D eigenvalue weighted by atomic mass is 10.2. The second kappa shape index (κ2) is 6.11. The number of halogens is 3. The number of rotatable bonds is 2. The van der Waals surface area contributed by atoms with Crippen LogP contribution in [0.25, 0.3) is 10.9 Å². The highest BCUT2D eigenvalue weighted by Gasteiger charge is 2.33. The van der Waals surface area contributed by atoms with Gasteiger partial charge in [0.2, 0.25) is 0 Å². The van der Waals surface area contributed by atoms with Crippen molar-refractivity contribution in [1.29, 1.82) is 0 Å². The van der Waals surface area contributed by atoms with Crippen LogP contribution in [0.4, 0.5) is 29.5 Å². The Morgan fingerprint density at radius 3 is 2.62 bits per heavy atom. The van der Waals surface area contributed by atoms with Crippen molar-refractivity contribution >= 4 is 28.4 Å². The number of nitrogens with zero attached hydrogens (tertiary/aromatic N) is 3. The van der Waals surface area contributed by atoms with Gasteiger partial charge in [-0.2, -0.15) is 13.2 Å². The Morgan fingerprint density at radius 2 is 1.83 bits per heavy atom. The van der Waals surface area contributed by atoms with Gasteiger partial charge in [0, 0.05) is 11.6 Å². The summed E-state index contributed by atoms with van der Waals surface area (Å²) < 4.78 is 37.8. The van der Waals surface area contributed by atoms with E-state index in [0.29, 0.717) is 22.8 Å². The van der Waals surface area contributed by atoms with E-state index in [9.17, 15) is 18.0 Å². The Hall–Kier alpha value is -3.23. The summed E-state index contributed by atoms with van der Waals surface area (Å²) >= 11 is 0. The number of urea groups is 1. The first kappa shape index (κ1) is 15.7. The predicted octanol–water partition coefficient (Wildman–Crippen LogP) is 3.69. The molecule has 0 saturated heterocycles. The van der Waals surface area contributed by atoms with Gasteiger partial charge in [0.25, 0.3) is 0 Å². The fourth-order valence-corrected chi connectivity index (χ4v) is 2.04. The lowest BCUT2D eigenvalue weighted by molar-refractivity contribution is -0.141. The Kier molecular flexibility index (Phi) is 3.98. The van der Waals surface area contributed by atoms with Crippen LogP contribution in [0, 0.1) is 0 Å². The number of carbonyl (C=O) groups is 1. The molecule has 1 aromatic carbocycles. The molecule has 9 heteroatoms. The molecule has 0 atom stereocenters. The summed E-state index contributed by atoms with van der Waals surface area (Å²) in [5.74, 6) is -0.305. The van der Waals surface area contributed by atoms with Crippen LogP contribution in [-0.4, -0.2) is 21.0 Å². The van der Waals surface area contributed by atoms with Crippen molar-refractivity contribution in [2.75, 3.05) is 10.6 Å². The van der Waals surface area contributed by atoms with E-state index in [4.69, 9.17) is 0 Å². The van der Waals surface area contributed by atoms with E-state index in [-0.39, 0.29) is 5.82 Å². The third-order valence-corrected chi connectivity index (χ3v) is 3.06. The maximum absolute atomic E-state index is 12.6. The van der Waals surface area contributed by atoms with Crippen LogP contribution < -0.4 is 10.6 Å². The number of hydrogen-bond acceptors (Lipinski definition) is 4. The number of hydrogen-bond donors (Lipinski definition) is 2.